The van der Waals surface area contributed by atoms with Gasteiger partial charge in [0.05, 0.1) is 12.8 Å². The van der Waals surface area contributed by atoms with E-state index in [2.05, 4.69) is 36.5 Å². The van der Waals surface area contributed by atoms with E-state index in [1.165, 1.54) is 0 Å². The Labute approximate surface area is 155 Å². The fraction of sp³-hybridized carbons (Fsp3) is 0.158. The van der Waals surface area contributed by atoms with E-state index < -0.39 is 0 Å². The lowest BCUT2D eigenvalue weighted by Crippen LogP contribution is -2.06. The van der Waals surface area contributed by atoms with Crippen molar-refractivity contribution in [1.82, 2.24) is 9.97 Å². The molecule has 1 heterocycles. The lowest BCUT2D eigenvalue weighted by atomic mass is 10.2. The summed E-state index contributed by atoms with van der Waals surface area (Å²) < 4.78 is 6.34. The molecule has 25 heavy (non-hydrogen) atoms. The van der Waals surface area contributed by atoms with Crippen molar-refractivity contribution in [3.8, 4) is 5.75 Å². The van der Waals surface area contributed by atoms with Gasteiger partial charge in [0.15, 0.2) is 0 Å². The quantitative estimate of drug-likeness (QED) is 0.617. The van der Waals surface area contributed by atoms with Crippen LogP contribution in [0.2, 0.25) is 0 Å². The zero-order valence-corrected chi connectivity index (χ0v) is 15.7. The molecule has 5 nitrogen and oxygen atoms in total. The van der Waals surface area contributed by atoms with E-state index in [0.717, 1.165) is 33.0 Å². The van der Waals surface area contributed by atoms with E-state index >= 15 is 0 Å². The molecule has 0 aliphatic heterocycles. The Morgan fingerprint density at radius 2 is 1.80 bits per heavy atom. The first-order valence-corrected chi connectivity index (χ1v) is 8.68. The Balaban J connectivity index is 1.76. The van der Waals surface area contributed by atoms with Crippen LogP contribution in [0.1, 0.15) is 11.3 Å². The van der Waals surface area contributed by atoms with Crippen molar-refractivity contribution in [3.63, 3.8) is 0 Å². The SMILES string of the molecule is COc1ccccc1CNc1cc(C)nc(Nc2ccccc2Br)n1. The van der Waals surface area contributed by atoms with Gasteiger partial charge in [0.25, 0.3) is 0 Å². The molecule has 3 aromatic rings. The monoisotopic (exact) mass is 398 g/mol. The molecular formula is C19H19BrN4O. The van der Waals surface area contributed by atoms with Crippen molar-refractivity contribution in [2.75, 3.05) is 17.7 Å². The fourth-order valence-electron chi connectivity index (χ4n) is 2.43. The summed E-state index contributed by atoms with van der Waals surface area (Å²) in [4.78, 5) is 9.00. The summed E-state index contributed by atoms with van der Waals surface area (Å²) in [5, 5.41) is 6.57. The number of aryl methyl sites for hydroxylation is 1. The number of hydrogen-bond donors (Lipinski definition) is 2. The molecule has 128 valence electrons. The molecule has 0 aliphatic rings. The summed E-state index contributed by atoms with van der Waals surface area (Å²) in [6.45, 7) is 2.57. The van der Waals surface area contributed by atoms with Gasteiger partial charge in [0, 0.05) is 28.3 Å². The van der Waals surface area contributed by atoms with E-state index in [1.54, 1.807) is 7.11 Å². The maximum absolute atomic E-state index is 5.38. The van der Waals surface area contributed by atoms with Gasteiger partial charge in [-0.1, -0.05) is 30.3 Å². The molecule has 2 N–H and O–H groups in total. The molecule has 0 unspecified atom stereocenters. The van der Waals surface area contributed by atoms with Crippen LogP contribution in [0.5, 0.6) is 5.75 Å². The first-order chi connectivity index (χ1) is 12.2. The topological polar surface area (TPSA) is 59.1 Å². The zero-order valence-electron chi connectivity index (χ0n) is 14.1. The molecule has 0 atom stereocenters. The molecular weight excluding hydrogens is 380 g/mol. The van der Waals surface area contributed by atoms with Gasteiger partial charge in [0.1, 0.15) is 11.6 Å². The third-order valence-corrected chi connectivity index (χ3v) is 4.32. The second-order valence-electron chi connectivity index (χ2n) is 5.49. The summed E-state index contributed by atoms with van der Waals surface area (Å²) in [7, 11) is 1.67. The molecule has 0 aliphatic carbocycles. The minimum Gasteiger partial charge on any atom is -0.496 e. The number of halogens is 1. The molecule has 0 spiro atoms. The molecule has 0 amide bonds. The van der Waals surface area contributed by atoms with E-state index in [4.69, 9.17) is 4.74 Å². The van der Waals surface area contributed by atoms with Gasteiger partial charge in [-0.3, -0.25) is 0 Å². The summed E-state index contributed by atoms with van der Waals surface area (Å²) in [6.07, 6.45) is 0. The number of aromatic nitrogens is 2. The Morgan fingerprint density at radius 3 is 2.60 bits per heavy atom. The number of nitrogens with zero attached hydrogens (tertiary/aromatic N) is 2. The lowest BCUT2D eigenvalue weighted by molar-refractivity contribution is 0.410. The van der Waals surface area contributed by atoms with Crippen LogP contribution in [-0.4, -0.2) is 17.1 Å². The molecule has 1 aromatic heterocycles. The summed E-state index contributed by atoms with van der Waals surface area (Å²) >= 11 is 3.52. The van der Waals surface area contributed by atoms with Gasteiger partial charge >= 0.3 is 0 Å². The van der Waals surface area contributed by atoms with Gasteiger partial charge in [-0.25, -0.2) is 4.98 Å². The molecule has 0 bridgehead atoms. The lowest BCUT2D eigenvalue weighted by Gasteiger charge is -2.12. The summed E-state index contributed by atoms with van der Waals surface area (Å²) in [6, 6.07) is 17.7. The van der Waals surface area contributed by atoms with Crippen LogP contribution < -0.4 is 15.4 Å². The first-order valence-electron chi connectivity index (χ1n) is 7.88. The van der Waals surface area contributed by atoms with E-state index in [1.807, 2.05) is 61.5 Å². The number of para-hydroxylation sites is 2. The third kappa shape index (κ3) is 4.48. The molecule has 0 radical (unpaired) electrons. The fourth-order valence-corrected chi connectivity index (χ4v) is 2.82. The Kier molecular flexibility index (Phi) is 5.50. The first kappa shape index (κ1) is 17.2. The van der Waals surface area contributed by atoms with Crippen LogP contribution in [0, 0.1) is 6.92 Å². The number of anilines is 3. The van der Waals surface area contributed by atoms with Crippen molar-refractivity contribution < 1.29 is 4.74 Å². The Morgan fingerprint density at radius 1 is 1.04 bits per heavy atom. The molecule has 0 saturated carbocycles. The predicted molar refractivity (Wildman–Crippen MR) is 105 cm³/mol. The molecule has 3 rings (SSSR count). The maximum Gasteiger partial charge on any atom is 0.229 e. The predicted octanol–water partition coefficient (Wildman–Crippen LogP) is 4.91. The standard InChI is InChI=1S/C19H19BrN4O/c1-13-11-18(21-12-14-7-3-6-10-17(14)25-2)24-19(22-13)23-16-9-5-4-8-15(16)20/h3-11H,12H2,1-2H3,(H2,21,22,23,24). The van der Waals surface area contributed by atoms with Gasteiger partial charge in [-0.2, -0.15) is 4.98 Å². The van der Waals surface area contributed by atoms with Crippen molar-refractivity contribution in [1.29, 1.82) is 0 Å². The molecule has 2 aromatic carbocycles. The van der Waals surface area contributed by atoms with E-state index in [0.29, 0.717) is 12.5 Å². The van der Waals surface area contributed by atoms with E-state index in [-0.39, 0.29) is 0 Å². The third-order valence-electron chi connectivity index (χ3n) is 3.63. The van der Waals surface area contributed by atoms with Crippen LogP contribution in [-0.2, 0) is 6.54 Å². The number of methoxy groups -OCH3 is 1. The zero-order chi connectivity index (χ0) is 17.6. The molecule has 0 saturated heterocycles. The second kappa shape index (κ2) is 7.98. The number of ether oxygens (including phenoxy) is 1. The van der Waals surface area contributed by atoms with Crippen LogP contribution in [0.3, 0.4) is 0 Å². The van der Waals surface area contributed by atoms with Gasteiger partial charge < -0.3 is 15.4 Å². The highest BCUT2D eigenvalue weighted by molar-refractivity contribution is 9.10. The Hall–Kier alpha value is -2.60. The summed E-state index contributed by atoms with van der Waals surface area (Å²) in [5.74, 6) is 2.16. The van der Waals surface area contributed by atoms with Gasteiger partial charge in [0.2, 0.25) is 5.95 Å². The van der Waals surface area contributed by atoms with Crippen molar-refractivity contribution in [2.45, 2.75) is 13.5 Å². The number of hydrogen-bond acceptors (Lipinski definition) is 5. The Bertz CT molecular complexity index is 870. The van der Waals surface area contributed by atoms with Crippen molar-refractivity contribution >= 4 is 33.4 Å². The highest BCUT2D eigenvalue weighted by Crippen LogP contribution is 2.25. The number of rotatable bonds is 6. The summed E-state index contributed by atoms with van der Waals surface area (Å²) in [5.41, 5.74) is 2.87. The van der Waals surface area contributed by atoms with Crippen molar-refractivity contribution in [2.24, 2.45) is 0 Å². The number of benzene rings is 2. The van der Waals surface area contributed by atoms with E-state index in [9.17, 15) is 0 Å². The highest BCUT2D eigenvalue weighted by atomic mass is 79.9. The molecule has 6 heteroatoms. The minimum absolute atomic E-state index is 0.550. The number of nitrogens with one attached hydrogen (secondary N) is 2. The van der Waals surface area contributed by atoms with Crippen LogP contribution in [0.25, 0.3) is 0 Å². The largest absolute Gasteiger partial charge is 0.496 e. The van der Waals surface area contributed by atoms with Gasteiger partial charge in [-0.15, -0.1) is 0 Å². The molecule has 0 fully saturated rings. The minimum atomic E-state index is 0.550. The highest BCUT2D eigenvalue weighted by Gasteiger charge is 2.06. The average molecular weight is 399 g/mol. The average Bonchev–Trinajstić information content (AvgIpc) is 2.62. The normalized spacial score (nSPS) is 10.4. The van der Waals surface area contributed by atoms with Crippen LogP contribution in [0.15, 0.2) is 59.1 Å². The second-order valence-corrected chi connectivity index (χ2v) is 6.34. The van der Waals surface area contributed by atoms with Crippen molar-refractivity contribution in [3.05, 3.63) is 70.3 Å². The maximum atomic E-state index is 5.38. The smallest absolute Gasteiger partial charge is 0.229 e. The van der Waals surface area contributed by atoms with Gasteiger partial charge in [-0.05, 0) is 41.1 Å². The van der Waals surface area contributed by atoms with Crippen LogP contribution >= 0.6 is 15.9 Å². The van der Waals surface area contributed by atoms with Crippen LogP contribution in [0.4, 0.5) is 17.5 Å².